The van der Waals surface area contributed by atoms with Gasteiger partial charge in [-0.05, 0) is 36.4 Å². The lowest BCUT2D eigenvalue weighted by molar-refractivity contribution is -0.104. The number of carbonyl (C=O) groups is 1. The van der Waals surface area contributed by atoms with Crippen LogP contribution < -0.4 is 0 Å². The molecule has 0 aliphatic carbocycles. The highest BCUT2D eigenvalue weighted by molar-refractivity contribution is 5.82. The van der Waals surface area contributed by atoms with Crippen LogP contribution in [0.15, 0.2) is 34.8 Å². The van der Waals surface area contributed by atoms with Gasteiger partial charge < -0.3 is 4.42 Å². The van der Waals surface area contributed by atoms with E-state index in [4.69, 9.17) is 9.68 Å². The summed E-state index contributed by atoms with van der Waals surface area (Å²) in [4.78, 5) is 10.1. The van der Waals surface area contributed by atoms with Crippen LogP contribution in [0.1, 0.15) is 11.3 Å². The molecule has 0 fully saturated rings. The number of carbonyl (C=O) groups excluding carboxylic acids is 1. The second-order valence-corrected chi connectivity index (χ2v) is 3.01. The summed E-state index contributed by atoms with van der Waals surface area (Å²) in [5, 5.41) is 9.57. The second kappa shape index (κ2) is 3.81. The Bertz CT molecular complexity index is 573. The maximum Gasteiger partial charge on any atom is 0.142 e. The van der Waals surface area contributed by atoms with Crippen molar-refractivity contribution >= 4 is 23.3 Å². The Morgan fingerprint density at radius 1 is 1.33 bits per heavy atom. The molecule has 15 heavy (non-hydrogen) atoms. The first kappa shape index (κ1) is 9.22. The van der Waals surface area contributed by atoms with E-state index in [1.807, 2.05) is 0 Å². The highest BCUT2D eigenvalue weighted by Crippen LogP contribution is 2.21. The number of allylic oxidation sites excluding steroid dienone is 1. The highest BCUT2D eigenvalue weighted by atomic mass is 16.3. The van der Waals surface area contributed by atoms with E-state index in [2.05, 4.69) is 6.07 Å². The fourth-order valence-electron chi connectivity index (χ4n) is 1.35. The molecule has 0 atom stereocenters. The van der Waals surface area contributed by atoms with Gasteiger partial charge in [-0.3, -0.25) is 4.79 Å². The van der Waals surface area contributed by atoms with Crippen molar-refractivity contribution in [2.45, 2.75) is 0 Å². The number of fused-ring (bicyclic) bond motifs is 1. The van der Waals surface area contributed by atoms with Crippen LogP contribution in [0.2, 0.25) is 0 Å². The number of rotatable bonds is 2. The van der Waals surface area contributed by atoms with Crippen LogP contribution in [0.5, 0.6) is 0 Å². The van der Waals surface area contributed by atoms with Crippen LogP contribution in [0.4, 0.5) is 0 Å². The van der Waals surface area contributed by atoms with Gasteiger partial charge in [0.25, 0.3) is 0 Å². The number of aldehydes is 1. The molecule has 0 aliphatic rings. The van der Waals surface area contributed by atoms with Crippen molar-refractivity contribution in [3.8, 4) is 6.07 Å². The number of furan rings is 1. The van der Waals surface area contributed by atoms with Gasteiger partial charge in [0.1, 0.15) is 17.6 Å². The average Bonchev–Trinajstić information content (AvgIpc) is 2.67. The summed E-state index contributed by atoms with van der Waals surface area (Å²) in [6.45, 7) is 0. The predicted octanol–water partition coefficient (Wildman–Crippen LogP) is 2.52. The Labute approximate surface area is 86.2 Å². The monoisotopic (exact) mass is 197 g/mol. The number of hydrogen-bond donors (Lipinski definition) is 0. The van der Waals surface area contributed by atoms with Gasteiger partial charge in [-0.25, -0.2) is 0 Å². The average molecular weight is 197 g/mol. The molecule has 1 aromatic carbocycles. The van der Waals surface area contributed by atoms with E-state index < -0.39 is 0 Å². The Morgan fingerprint density at radius 3 is 2.93 bits per heavy atom. The lowest BCUT2D eigenvalue weighted by atomic mass is 10.2. The van der Waals surface area contributed by atoms with Crippen molar-refractivity contribution in [2.75, 3.05) is 0 Å². The van der Waals surface area contributed by atoms with Gasteiger partial charge in [0.05, 0.1) is 11.6 Å². The molecule has 0 saturated heterocycles. The van der Waals surface area contributed by atoms with Gasteiger partial charge in [-0.2, -0.15) is 5.26 Å². The van der Waals surface area contributed by atoms with E-state index in [1.54, 1.807) is 30.3 Å². The van der Waals surface area contributed by atoms with Crippen molar-refractivity contribution in [1.29, 1.82) is 5.26 Å². The molecule has 0 amide bonds. The molecule has 1 heterocycles. The van der Waals surface area contributed by atoms with Gasteiger partial charge in [-0.1, -0.05) is 0 Å². The van der Waals surface area contributed by atoms with Crippen molar-refractivity contribution in [2.24, 2.45) is 0 Å². The Morgan fingerprint density at radius 2 is 2.20 bits per heavy atom. The van der Waals surface area contributed by atoms with E-state index >= 15 is 0 Å². The van der Waals surface area contributed by atoms with E-state index in [0.717, 1.165) is 5.39 Å². The molecule has 0 saturated carbocycles. The quantitative estimate of drug-likeness (QED) is 0.549. The van der Waals surface area contributed by atoms with E-state index in [9.17, 15) is 4.79 Å². The van der Waals surface area contributed by atoms with Gasteiger partial charge in [0.15, 0.2) is 0 Å². The molecule has 0 aliphatic heterocycles. The molecule has 1 aromatic heterocycles. The van der Waals surface area contributed by atoms with Gasteiger partial charge >= 0.3 is 0 Å². The summed E-state index contributed by atoms with van der Waals surface area (Å²) >= 11 is 0. The largest absolute Gasteiger partial charge is 0.457 e. The van der Waals surface area contributed by atoms with Crippen LogP contribution >= 0.6 is 0 Å². The Hall–Kier alpha value is -2.34. The molecule has 0 bridgehead atoms. The summed E-state index contributed by atoms with van der Waals surface area (Å²) < 4.78 is 5.41. The number of hydrogen-bond acceptors (Lipinski definition) is 3. The summed E-state index contributed by atoms with van der Waals surface area (Å²) in [6.07, 6.45) is 3.63. The fraction of sp³-hybridized carbons (Fsp3) is 0. The number of nitriles is 1. The summed E-state index contributed by atoms with van der Waals surface area (Å²) in [5.74, 6) is 0.604. The molecule has 3 nitrogen and oxygen atoms in total. The number of nitrogens with zero attached hydrogens (tertiary/aromatic N) is 1. The molecular formula is C12H7NO2. The first-order chi connectivity index (χ1) is 7.33. The normalized spacial score (nSPS) is 10.6. The van der Waals surface area contributed by atoms with Crippen molar-refractivity contribution in [3.05, 3.63) is 41.7 Å². The zero-order chi connectivity index (χ0) is 10.7. The first-order valence-corrected chi connectivity index (χ1v) is 4.39. The smallest absolute Gasteiger partial charge is 0.142 e. The Balaban J connectivity index is 2.52. The second-order valence-electron chi connectivity index (χ2n) is 3.01. The third kappa shape index (κ3) is 1.79. The minimum Gasteiger partial charge on any atom is -0.457 e. The van der Waals surface area contributed by atoms with Gasteiger partial charge in [-0.15, -0.1) is 0 Å². The van der Waals surface area contributed by atoms with E-state index in [1.165, 1.54) is 6.08 Å². The topological polar surface area (TPSA) is 54.0 Å². The van der Waals surface area contributed by atoms with Crippen molar-refractivity contribution < 1.29 is 9.21 Å². The third-order valence-corrected chi connectivity index (χ3v) is 2.00. The van der Waals surface area contributed by atoms with Crippen LogP contribution in [0.25, 0.3) is 17.0 Å². The van der Waals surface area contributed by atoms with Crippen LogP contribution in [-0.2, 0) is 4.79 Å². The van der Waals surface area contributed by atoms with Crippen LogP contribution in [0.3, 0.4) is 0 Å². The summed E-state index contributed by atoms with van der Waals surface area (Å²) in [5.41, 5.74) is 1.30. The van der Waals surface area contributed by atoms with Crippen LogP contribution in [-0.4, -0.2) is 6.29 Å². The maximum atomic E-state index is 10.1. The Kier molecular flexibility index (Phi) is 2.34. The summed E-state index contributed by atoms with van der Waals surface area (Å²) in [6, 6.07) is 9.03. The molecule has 0 radical (unpaired) electrons. The third-order valence-electron chi connectivity index (χ3n) is 2.00. The highest BCUT2D eigenvalue weighted by Gasteiger charge is 2.01. The van der Waals surface area contributed by atoms with Crippen molar-refractivity contribution in [3.63, 3.8) is 0 Å². The minimum atomic E-state index is 0.592. The standard InChI is InChI=1S/C12H7NO2/c13-8-9-3-4-12-10(6-9)7-11(15-12)2-1-5-14/h1-7H. The lowest BCUT2D eigenvalue weighted by Gasteiger charge is -1.87. The predicted molar refractivity (Wildman–Crippen MR) is 56.0 cm³/mol. The fourth-order valence-corrected chi connectivity index (χ4v) is 1.35. The van der Waals surface area contributed by atoms with Crippen molar-refractivity contribution in [1.82, 2.24) is 0 Å². The minimum absolute atomic E-state index is 0.592. The van der Waals surface area contributed by atoms with E-state index in [0.29, 0.717) is 23.2 Å². The molecule has 72 valence electrons. The zero-order valence-electron chi connectivity index (χ0n) is 7.81. The number of benzene rings is 1. The molecule has 0 N–H and O–H groups in total. The molecular weight excluding hydrogens is 190 g/mol. The zero-order valence-corrected chi connectivity index (χ0v) is 7.81. The molecule has 3 heteroatoms. The molecule has 2 rings (SSSR count). The molecule has 2 aromatic rings. The molecule has 0 unspecified atom stereocenters. The maximum absolute atomic E-state index is 10.1. The summed E-state index contributed by atoms with van der Waals surface area (Å²) in [7, 11) is 0. The van der Waals surface area contributed by atoms with Gasteiger partial charge in [0.2, 0.25) is 0 Å². The molecule has 0 spiro atoms. The SMILES string of the molecule is N#Cc1ccc2oc(C=CC=O)cc2c1. The lowest BCUT2D eigenvalue weighted by Crippen LogP contribution is -1.70. The van der Waals surface area contributed by atoms with Gasteiger partial charge in [0, 0.05) is 5.39 Å². The van der Waals surface area contributed by atoms with E-state index in [-0.39, 0.29) is 0 Å². The van der Waals surface area contributed by atoms with Crippen LogP contribution in [0, 0.1) is 11.3 Å². The first-order valence-electron chi connectivity index (χ1n) is 4.39.